The van der Waals surface area contributed by atoms with Gasteiger partial charge in [-0.25, -0.2) is 0 Å². The van der Waals surface area contributed by atoms with Gasteiger partial charge in [-0.15, -0.1) is 0 Å². The molecule has 57 valence electrons. The molecule has 0 aromatic carbocycles. The number of ketones is 1. The lowest BCUT2D eigenvalue weighted by Gasteiger charge is -2.08. The van der Waals surface area contributed by atoms with E-state index in [0.29, 0.717) is 5.78 Å². The summed E-state index contributed by atoms with van der Waals surface area (Å²) in [5.41, 5.74) is 0. The van der Waals surface area contributed by atoms with Crippen molar-refractivity contribution in [3.63, 3.8) is 0 Å². The number of carbonyl (C=O) groups excluding carboxylic acids is 1. The second-order valence-electron chi connectivity index (χ2n) is 2.99. The second kappa shape index (κ2) is 3.15. The van der Waals surface area contributed by atoms with Crippen LogP contribution in [0.2, 0.25) is 0 Å². The quantitative estimate of drug-likeness (QED) is 0.609. The van der Waals surface area contributed by atoms with Crippen molar-refractivity contribution < 1.29 is 4.79 Å². The van der Waals surface area contributed by atoms with Gasteiger partial charge in [0.2, 0.25) is 0 Å². The van der Waals surface area contributed by atoms with Crippen LogP contribution in [0.1, 0.15) is 13.3 Å². The summed E-state index contributed by atoms with van der Waals surface area (Å²) >= 11 is 0. The average molecular weight is 140 g/mol. The van der Waals surface area contributed by atoms with Crippen molar-refractivity contribution in [2.24, 2.45) is 11.8 Å². The maximum atomic E-state index is 11.2. The molecule has 2 unspecified atom stereocenters. The molecule has 0 bridgehead atoms. The molecule has 0 aromatic rings. The van der Waals surface area contributed by atoms with Crippen LogP contribution in [-0.2, 0) is 4.79 Å². The molecule has 1 heterocycles. The molecule has 0 spiro atoms. The first-order valence-corrected chi connectivity index (χ1v) is 3.79. The van der Waals surface area contributed by atoms with Crippen LogP contribution in [0.4, 0.5) is 0 Å². The summed E-state index contributed by atoms with van der Waals surface area (Å²) in [6.07, 6.45) is 0.999. The van der Waals surface area contributed by atoms with Crippen molar-refractivity contribution >= 4 is 5.78 Å². The smallest absolute Gasteiger partial charge is 0.140 e. The summed E-state index contributed by atoms with van der Waals surface area (Å²) in [5, 5.41) is 3.16. The number of carbonyl (C=O) groups is 1. The predicted octanol–water partition coefficient (Wildman–Crippen LogP) is 0.635. The van der Waals surface area contributed by atoms with E-state index in [9.17, 15) is 4.79 Å². The molecule has 1 radical (unpaired) electrons. The average Bonchev–Trinajstić information content (AvgIpc) is 2.36. The number of Topliss-reactive ketones (excluding diaryl/α,β-unsaturated/α-hetero) is 1. The molecule has 1 rings (SSSR count). The van der Waals surface area contributed by atoms with Crippen molar-refractivity contribution in [3.8, 4) is 0 Å². The highest BCUT2D eigenvalue weighted by molar-refractivity contribution is 5.84. The molecule has 0 saturated carbocycles. The van der Waals surface area contributed by atoms with Crippen LogP contribution in [0.3, 0.4) is 0 Å². The minimum atomic E-state index is -0.0371. The van der Waals surface area contributed by atoms with E-state index in [1.165, 1.54) is 0 Å². The van der Waals surface area contributed by atoms with E-state index >= 15 is 0 Å². The SMILES string of the molecule is [CH2]C(C)C(=O)C1CCNC1. The number of hydrogen-bond acceptors (Lipinski definition) is 2. The third kappa shape index (κ3) is 1.57. The normalized spacial score (nSPS) is 25.7. The van der Waals surface area contributed by atoms with Gasteiger partial charge in [0.15, 0.2) is 0 Å². The van der Waals surface area contributed by atoms with Gasteiger partial charge in [0.25, 0.3) is 0 Å². The Hall–Kier alpha value is -0.370. The highest BCUT2D eigenvalue weighted by atomic mass is 16.1. The zero-order valence-corrected chi connectivity index (χ0v) is 6.39. The van der Waals surface area contributed by atoms with Gasteiger partial charge in [0, 0.05) is 18.4 Å². The predicted molar refractivity (Wildman–Crippen MR) is 40.5 cm³/mol. The van der Waals surface area contributed by atoms with Gasteiger partial charge in [-0.05, 0) is 19.9 Å². The highest BCUT2D eigenvalue weighted by Gasteiger charge is 2.23. The van der Waals surface area contributed by atoms with Gasteiger partial charge in [-0.2, -0.15) is 0 Å². The summed E-state index contributed by atoms with van der Waals surface area (Å²) in [4.78, 5) is 11.2. The Balaban J connectivity index is 2.40. The first-order valence-electron chi connectivity index (χ1n) is 3.79. The molecule has 1 fully saturated rings. The van der Waals surface area contributed by atoms with E-state index in [4.69, 9.17) is 0 Å². The van der Waals surface area contributed by atoms with E-state index in [-0.39, 0.29) is 11.8 Å². The van der Waals surface area contributed by atoms with E-state index in [1.54, 1.807) is 0 Å². The van der Waals surface area contributed by atoms with Crippen LogP contribution in [0, 0.1) is 18.8 Å². The maximum Gasteiger partial charge on any atom is 0.140 e. The van der Waals surface area contributed by atoms with E-state index in [1.807, 2.05) is 6.92 Å². The van der Waals surface area contributed by atoms with Crippen LogP contribution in [0.5, 0.6) is 0 Å². The van der Waals surface area contributed by atoms with E-state index in [2.05, 4.69) is 12.2 Å². The maximum absolute atomic E-state index is 11.2. The number of rotatable bonds is 2. The largest absolute Gasteiger partial charge is 0.316 e. The molecule has 2 nitrogen and oxygen atoms in total. The van der Waals surface area contributed by atoms with Crippen LogP contribution in [-0.4, -0.2) is 18.9 Å². The summed E-state index contributed by atoms with van der Waals surface area (Å²) < 4.78 is 0. The van der Waals surface area contributed by atoms with Crippen molar-refractivity contribution in [1.82, 2.24) is 5.32 Å². The topological polar surface area (TPSA) is 29.1 Å². The zero-order valence-electron chi connectivity index (χ0n) is 6.39. The first kappa shape index (κ1) is 7.73. The fourth-order valence-electron chi connectivity index (χ4n) is 1.30. The van der Waals surface area contributed by atoms with Crippen LogP contribution in [0.15, 0.2) is 0 Å². The van der Waals surface area contributed by atoms with Gasteiger partial charge < -0.3 is 5.32 Å². The van der Waals surface area contributed by atoms with Gasteiger partial charge in [0.1, 0.15) is 5.78 Å². The summed E-state index contributed by atoms with van der Waals surface area (Å²) in [6, 6.07) is 0. The van der Waals surface area contributed by atoms with Crippen molar-refractivity contribution in [2.75, 3.05) is 13.1 Å². The van der Waals surface area contributed by atoms with Gasteiger partial charge in [-0.1, -0.05) is 6.92 Å². The monoisotopic (exact) mass is 140 g/mol. The standard InChI is InChI=1S/C8H14NO/c1-6(2)8(10)7-3-4-9-5-7/h6-7,9H,1,3-5H2,2H3. The lowest BCUT2D eigenvalue weighted by molar-refractivity contribution is -0.124. The molecular weight excluding hydrogens is 126 g/mol. The Morgan fingerprint density at radius 1 is 1.80 bits per heavy atom. The fraction of sp³-hybridized carbons (Fsp3) is 0.750. The molecule has 1 aliphatic heterocycles. The highest BCUT2D eigenvalue weighted by Crippen LogP contribution is 2.13. The van der Waals surface area contributed by atoms with Crippen LogP contribution in [0.25, 0.3) is 0 Å². The Bertz CT molecular complexity index is 125. The minimum Gasteiger partial charge on any atom is -0.316 e. The van der Waals surface area contributed by atoms with Gasteiger partial charge >= 0.3 is 0 Å². The third-order valence-corrected chi connectivity index (χ3v) is 1.95. The molecule has 0 aliphatic carbocycles. The van der Waals surface area contributed by atoms with Crippen LogP contribution < -0.4 is 5.32 Å². The molecular formula is C8H14NO. The molecule has 1 saturated heterocycles. The fourth-order valence-corrected chi connectivity index (χ4v) is 1.30. The molecule has 1 N–H and O–H groups in total. The molecule has 0 amide bonds. The summed E-state index contributed by atoms with van der Waals surface area (Å²) in [5.74, 6) is 0.516. The summed E-state index contributed by atoms with van der Waals surface area (Å²) in [7, 11) is 0. The Kier molecular flexibility index (Phi) is 2.44. The van der Waals surface area contributed by atoms with Crippen molar-refractivity contribution in [1.29, 1.82) is 0 Å². The van der Waals surface area contributed by atoms with E-state index in [0.717, 1.165) is 19.5 Å². The lowest BCUT2D eigenvalue weighted by Crippen LogP contribution is -2.21. The Morgan fingerprint density at radius 3 is 2.90 bits per heavy atom. The summed E-state index contributed by atoms with van der Waals surface area (Å²) in [6.45, 7) is 7.42. The molecule has 10 heavy (non-hydrogen) atoms. The number of hydrogen-bond donors (Lipinski definition) is 1. The molecule has 0 aromatic heterocycles. The molecule has 1 aliphatic rings. The molecule has 2 heteroatoms. The molecule has 2 atom stereocenters. The second-order valence-corrected chi connectivity index (χ2v) is 2.99. The van der Waals surface area contributed by atoms with Gasteiger partial charge in [-0.3, -0.25) is 4.79 Å². The van der Waals surface area contributed by atoms with Crippen LogP contribution >= 0.6 is 0 Å². The number of nitrogens with one attached hydrogen (secondary N) is 1. The van der Waals surface area contributed by atoms with Crippen molar-refractivity contribution in [2.45, 2.75) is 13.3 Å². The first-order chi connectivity index (χ1) is 4.72. The Labute approximate surface area is 62.0 Å². The zero-order chi connectivity index (χ0) is 7.56. The van der Waals surface area contributed by atoms with Gasteiger partial charge in [0.05, 0.1) is 0 Å². The minimum absolute atomic E-state index is 0.0371. The third-order valence-electron chi connectivity index (χ3n) is 1.95. The van der Waals surface area contributed by atoms with Crippen molar-refractivity contribution in [3.05, 3.63) is 6.92 Å². The lowest BCUT2D eigenvalue weighted by atomic mass is 9.95. The van der Waals surface area contributed by atoms with E-state index < -0.39 is 0 Å². The Morgan fingerprint density at radius 2 is 2.50 bits per heavy atom.